The summed E-state index contributed by atoms with van der Waals surface area (Å²) in [5.41, 5.74) is 1.29. The number of fused-ring (bicyclic) bond motifs is 1. The number of aliphatic hydroxyl groups excluding tert-OH is 1. The van der Waals surface area contributed by atoms with Crippen molar-refractivity contribution < 1.29 is 5.11 Å². The van der Waals surface area contributed by atoms with Gasteiger partial charge >= 0.3 is 0 Å². The first-order valence-corrected chi connectivity index (χ1v) is 5.93. The fourth-order valence-electron chi connectivity index (χ4n) is 2.38. The van der Waals surface area contributed by atoms with Gasteiger partial charge in [0.25, 0.3) is 0 Å². The third kappa shape index (κ3) is 1.43. The highest BCUT2D eigenvalue weighted by atomic mass is 35.5. The van der Waals surface area contributed by atoms with E-state index in [1.807, 2.05) is 18.2 Å². The summed E-state index contributed by atoms with van der Waals surface area (Å²) < 4.78 is 0. The van der Waals surface area contributed by atoms with Crippen molar-refractivity contribution in [3.05, 3.63) is 47.0 Å². The molecule has 0 bridgehead atoms. The fraction of sp³-hybridized carbons (Fsp3) is 0.286. The highest BCUT2D eigenvalue weighted by Gasteiger charge is 2.44. The van der Waals surface area contributed by atoms with E-state index in [9.17, 15) is 5.11 Å². The standard InChI is InChI=1S/C14H13ClO/c15-11-4-5-12-10(8-11)2-1-3-13(12)14(9-16)6-7-14/h1-5,8,16H,6-7,9H2. The third-order valence-corrected chi connectivity index (χ3v) is 3.81. The second-order valence-corrected chi connectivity index (χ2v) is 5.05. The second-order valence-electron chi connectivity index (χ2n) is 4.61. The van der Waals surface area contributed by atoms with Gasteiger partial charge in [0.1, 0.15) is 0 Å². The van der Waals surface area contributed by atoms with Gasteiger partial charge in [-0.05, 0) is 41.3 Å². The Bertz CT molecular complexity index is 543. The molecule has 2 aromatic carbocycles. The highest BCUT2D eigenvalue weighted by Crippen LogP contribution is 2.49. The predicted molar refractivity (Wildman–Crippen MR) is 67.0 cm³/mol. The normalized spacial score (nSPS) is 17.6. The first-order valence-electron chi connectivity index (χ1n) is 5.55. The molecular formula is C14H13ClO. The van der Waals surface area contributed by atoms with Crippen molar-refractivity contribution in [1.29, 1.82) is 0 Å². The lowest BCUT2D eigenvalue weighted by Gasteiger charge is -2.15. The maximum absolute atomic E-state index is 9.50. The zero-order valence-electron chi connectivity index (χ0n) is 8.91. The summed E-state index contributed by atoms with van der Waals surface area (Å²) in [4.78, 5) is 0. The van der Waals surface area contributed by atoms with Crippen LogP contribution in [0.5, 0.6) is 0 Å². The molecule has 2 heteroatoms. The molecule has 2 aromatic rings. The lowest BCUT2D eigenvalue weighted by atomic mass is 9.91. The van der Waals surface area contributed by atoms with E-state index in [2.05, 4.69) is 18.2 Å². The lowest BCUT2D eigenvalue weighted by Crippen LogP contribution is -2.12. The molecule has 16 heavy (non-hydrogen) atoms. The van der Waals surface area contributed by atoms with E-state index in [1.165, 1.54) is 10.9 Å². The molecule has 0 spiro atoms. The summed E-state index contributed by atoms with van der Waals surface area (Å²) in [7, 11) is 0. The molecule has 0 aromatic heterocycles. The van der Waals surface area contributed by atoms with Gasteiger partial charge in [0.05, 0.1) is 6.61 Å². The zero-order valence-corrected chi connectivity index (χ0v) is 9.67. The molecule has 1 nitrogen and oxygen atoms in total. The van der Waals surface area contributed by atoms with Gasteiger partial charge in [-0.2, -0.15) is 0 Å². The fourth-order valence-corrected chi connectivity index (χ4v) is 2.56. The molecule has 0 saturated heterocycles. The number of benzene rings is 2. The van der Waals surface area contributed by atoms with E-state index in [0.717, 1.165) is 23.3 Å². The smallest absolute Gasteiger partial charge is 0.0528 e. The first kappa shape index (κ1) is 10.1. The van der Waals surface area contributed by atoms with Crippen LogP contribution < -0.4 is 0 Å². The van der Waals surface area contributed by atoms with Crippen LogP contribution in [0.15, 0.2) is 36.4 Å². The average molecular weight is 233 g/mol. The topological polar surface area (TPSA) is 20.2 Å². The van der Waals surface area contributed by atoms with Crippen LogP contribution in [0.25, 0.3) is 10.8 Å². The Morgan fingerprint density at radius 3 is 2.69 bits per heavy atom. The van der Waals surface area contributed by atoms with Crippen molar-refractivity contribution in [3.63, 3.8) is 0 Å². The van der Waals surface area contributed by atoms with Crippen LogP contribution in [-0.4, -0.2) is 11.7 Å². The minimum absolute atomic E-state index is 0.0212. The summed E-state index contributed by atoms with van der Waals surface area (Å²) in [6.45, 7) is 0.245. The van der Waals surface area contributed by atoms with E-state index >= 15 is 0 Å². The molecule has 0 heterocycles. The summed E-state index contributed by atoms with van der Waals surface area (Å²) in [6.07, 6.45) is 2.18. The minimum atomic E-state index is 0.0212. The molecule has 0 atom stereocenters. The summed E-state index contributed by atoms with van der Waals surface area (Å²) in [5, 5.41) is 12.6. The quantitative estimate of drug-likeness (QED) is 0.840. The monoisotopic (exact) mass is 232 g/mol. The van der Waals surface area contributed by atoms with Crippen molar-refractivity contribution in [2.24, 2.45) is 0 Å². The Labute approximate surface area is 99.7 Å². The van der Waals surface area contributed by atoms with Gasteiger partial charge in [-0.25, -0.2) is 0 Å². The van der Waals surface area contributed by atoms with Crippen molar-refractivity contribution >= 4 is 22.4 Å². The van der Waals surface area contributed by atoms with Crippen molar-refractivity contribution in [2.45, 2.75) is 18.3 Å². The molecule has 1 fully saturated rings. The Kier molecular flexibility index (Phi) is 2.20. The Hall–Kier alpha value is -1.05. The van der Waals surface area contributed by atoms with E-state index in [1.54, 1.807) is 0 Å². The van der Waals surface area contributed by atoms with Gasteiger partial charge in [0.2, 0.25) is 0 Å². The van der Waals surface area contributed by atoms with Gasteiger partial charge in [-0.15, -0.1) is 0 Å². The summed E-state index contributed by atoms with van der Waals surface area (Å²) >= 11 is 5.99. The molecule has 1 aliphatic rings. The molecule has 82 valence electrons. The third-order valence-electron chi connectivity index (χ3n) is 3.57. The number of aliphatic hydroxyl groups is 1. The Morgan fingerprint density at radius 2 is 2.00 bits per heavy atom. The van der Waals surface area contributed by atoms with Gasteiger partial charge < -0.3 is 5.11 Å². The summed E-state index contributed by atoms with van der Waals surface area (Å²) in [6, 6.07) is 12.2. The van der Waals surface area contributed by atoms with Gasteiger partial charge in [-0.1, -0.05) is 35.9 Å². The summed E-state index contributed by atoms with van der Waals surface area (Å²) in [5.74, 6) is 0. The van der Waals surface area contributed by atoms with Crippen LogP contribution in [0.2, 0.25) is 5.02 Å². The Morgan fingerprint density at radius 1 is 1.19 bits per heavy atom. The van der Waals surface area contributed by atoms with Crippen LogP contribution in [0, 0.1) is 0 Å². The van der Waals surface area contributed by atoms with E-state index in [0.29, 0.717) is 0 Å². The van der Waals surface area contributed by atoms with E-state index < -0.39 is 0 Å². The van der Waals surface area contributed by atoms with Crippen molar-refractivity contribution in [1.82, 2.24) is 0 Å². The molecule has 3 rings (SSSR count). The van der Waals surface area contributed by atoms with Crippen LogP contribution in [0.1, 0.15) is 18.4 Å². The molecule has 0 amide bonds. The van der Waals surface area contributed by atoms with Gasteiger partial charge in [0.15, 0.2) is 0 Å². The van der Waals surface area contributed by atoms with Gasteiger partial charge in [0, 0.05) is 10.4 Å². The average Bonchev–Trinajstić information content (AvgIpc) is 3.08. The predicted octanol–water partition coefficient (Wildman–Crippen LogP) is 3.52. The number of halogens is 1. The number of hydrogen-bond donors (Lipinski definition) is 1. The molecule has 1 aliphatic carbocycles. The van der Waals surface area contributed by atoms with Crippen LogP contribution in [0.4, 0.5) is 0 Å². The van der Waals surface area contributed by atoms with Crippen LogP contribution >= 0.6 is 11.6 Å². The minimum Gasteiger partial charge on any atom is -0.395 e. The number of hydrogen-bond acceptors (Lipinski definition) is 1. The highest BCUT2D eigenvalue weighted by molar-refractivity contribution is 6.31. The van der Waals surface area contributed by atoms with Crippen molar-refractivity contribution in [3.8, 4) is 0 Å². The van der Waals surface area contributed by atoms with Crippen LogP contribution in [-0.2, 0) is 5.41 Å². The van der Waals surface area contributed by atoms with Gasteiger partial charge in [-0.3, -0.25) is 0 Å². The maximum Gasteiger partial charge on any atom is 0.0528 e. The Balaban J connectivity index is 2.26. The van der Waals surface area contributed by atoms with E-state index in [-0.39, 0.29) is 12.0 Å². The SMILES string of the molecule is OCC1(c2cccc3cc(Cl)ccc23)CC1. The molecule has 0 aliphatic heterocycles. The van der Waals surface area contributed by atoms with Crippen molar-refractivity contribution in [2.75, 3.05) is 6.61 Å². The van der Waals surface area contributed by atoms with Crippen LogP contribution in [0.3, 0.4) is 0 Å². The zero-order chi connectivity index (χ0) is 11.2. The van der Waals surface area contributed by atoms with E-state index in [4.69, 9.17) is 11.6 Å². The molecular weight excluding hydrogens is 220 g/mol. The molecule has 0 radical (unpaired) electrons. The largest absolute Gasteiger partial charge is 0.395 e. The maximum atomic E-state index is 9.50. The lowest BCUT2D eigenvalue weighted by molar-refractivity contribution is 0.256. The first-order chi connectivity index (χ1) is 7.75. The molecule has 0 unspecified atom stereocenters. The number of rotatable bonds is 2. The second kappa shape index (κ2) is 3.47. The molecule has 1 N–H and O–H groups in total. The molecule has 1 saturated carbocycles.